The van der Waals surface area contributed by atoms with Crippen LogP contribution in [-0.2, 0) is 10.8 Å². The molecule has 0 atom stereocenters. The summed E-state index contributed by atoms with van der Waals surface area (Å²) in [5, 5.41) is 24.1. The fourth-order valence-electron chi connectivity index (χ4n) is 4.35. The average Bonchev–Trinajstić information content (AvgIpc) is 2.85. The van der Waals surface area contributed by atoms with Crippen LogP contribution in [0.2, 0.25) is 0 Å². The topological polar surface area (TPSA) is 73.0 Å². The van der Waals surface area contributed by atoms with E-state index in [0.717, 1.165) is 16.7 Å². The largest absolute Gasteiger partial charge is 0.502 e. The van der Waals surface area contributed by atoms with E-state index in [4.69, 9.17) is 5.41 Å². The van der Waals surface area contributed by atoms with Gasteiger partial charge in [-0.05, 0) is 34.9 Å². The summed E-state index contributed by atoms with van der Waals surface area (Å²) >= 11 is 0. The predicted octanol–water partition coefficient (Wildman–Crippen LogP) is 5.74. The summed E-state index contributed by atoms with van der Waals surface area (Å²) in [7, 11) is 0. The monoisotopic (exact) mass is 450 g/mol. The van der Waals surface area contributed by atoms with Gasteiger partial charge in [-0.25, -0.2) is 0 Å². The van der Waals surface area contributed by atoms with Crippen molar-refractivity contribution >= 4 is 17.1 Å². The lowest BCUT2D eigenvalue weighted by Gasteiger charge is -2.31. The van der Waals surface area contributed by atoms with Gasteiger partial charge in [0.25, 0.3) is 0 Å². The number of hydrogen-bond acceptors (Lipinski definition) is 3. The highest BCUT2D eigenvalue weighted by atomic mass is 16.3. The molecule has 0 bridgehead atoms. The first-order valence-corrected chi connectivity index (χ1v) is 11.5. The predicted molar refractivity (Wildman–Crippen MR) is 140 cm³/mol. The van der Waals surface area contributed by atoms with Gasteiger partial charge in [0, 0.05) is 22.5 Å². The second-order valence-corrected chi connectivity index (χ2v) is 9.72. The van der Waals surface area contributed by atoms with Gasteiger partial charge in [-0.15, -0.1) is 0 Å². The number of rotatable bonds is 6. The van der Waals surface area contributed by atoms with Crippen LogP contribution in [0, 0.1) is 5.41 Å². The molecule has 0 saturated heterocycles. The lowest BCUT2D eigenvalue weighted by molar-refractivity contribution is -0.577. The number of benzene rings is 3. The van der Waals surface area contributed by atoms with Gasteiger partial charge in [-0.3, -0.25) is 5.41 Å². The third-order valence-electron chi connectivity index (χ3n) is 6.77. The van der Waals surface area contributed by atoms with E-state index < -0.39 is 5.41 Å². The minimum Gasteiger partial charge on any atom is -0.502 e. The van der Waals surface area contributed by atoms with Gasteiger partial charge >= 0.3 is 0 Å². The van der Waals surface area contributed by atoms with Crippen LogP contribution in [0.4, 0.5) is 5.69 Å². The van der Waals surface area contributed by atoms with Crippen LogP contribution in [-0.4, -0.2) is 16.5 Å². The molecular weight excluding hydrogens is 418 g/mol. The number of phenols is 1. The molecular formula is C30H32N3O+. The molecule has 3 aromatic rings. The average molecular weight is 451 g/mol. The Bertz CT molecular complexity index is 1280. The van der Waals surface area contributed by atoms with Crippen molar-refractivity contribution in [3.63, 3.8) is 0 Å². The van der Waals surface area contributed by atoms with Crippen molar-refractivity contribution in [1.82, 2.24) is 0 Å². The first kappa shape index (κ1) is 23.4. The highest BCUT2D eigenvalue weighted by Gasteiger charge is 2.33. The van der Waals surface area contributed by atoms with Crippen molar-refractivity contribution in [2.24, 2.45) is 5.10 Å². The van der Waals surface area contributed by atoms with Crippen molar-refractivity contribution in [2.45, 2.75) is 38.5 Å². The molecule has 172 valence electrons. The van der Waals surface area contributed by atoms with Crippen LogP contribution in [0.1, 0.15) is 49.9 Å². The Morgan fingerprint density at radius 3 is 1.88 bits per heavy atom. The molecule has 3 aromatic carbocycles. The fourth-order valence-corrected chi connectivity index (χ4v) is 4.35. The van der Waals surface area contributed by atoms with Gasteiger partial charge in [0.05, 0.1) is 5.71 Å². The minimum atomic E-state index is -0.427. The van der Waals surface area contributed by atoms with E-state index in [-0.39, 0.29) is 11.2 Å². The Hall–Kier alpha value is -3.76. The number of quaternary nitrogens is 1. The second kappa shape index (κ2) is 9.24. The number of aromatic hydroxyl groups is 1. The maximum absolute atomic E-state index is 11.5. The normalized spacial score (nSPS) is 15.2. The highest BCUT2D eigenvalue weighted by molar-refractivity contribution is 6.49. The van der Waals surface area contributed by atoms with Crippen LogP contribution in [0.3, 0.4) is 0 Å². The molecule has 0 radical (unpaired) electrons. The van der Waals surface area contributed by atoms with Gasteiger partial charge < -0.3 is 5.11 Å². The maximum atomic E-state index is 11.5. The van der Waals surface area contributed by atoms with Gasteiger partial charge in [0.15, 0.2) is 11.4 Å². The van der Waals surface area contributed by atoms with Crippen LogP contribution in [0.25, 0.3) is 0 Å². The fraction of sp³-hybridized carbons (Fsp3) is 0.200. The van der Waals surface area contributed by atoms with Crippen LogP contribution in [0.15, 0.2) is 102 Å². The molecule has 4 N–H and O–H groups in total. The third kappa shape index (κ3) is 4.50. The Morgan fingerprint density at radius 2 is 1.29 bits per heavy atom. The Kier molecular flexibility index (Phi) is 6.36. The molecule has 0 amide bonds. The van der Waals surface area contributed by atoms with E-state index >= 15 is 0 Å². The van der Waals surface area contributed by atoms with Crippen LogP contribution in [0.5, 0.6) is 5.75 Å². The lowest BCUT2D eigenvalue weighted by Crippen LogP contribution is -2.72. The molecule has 1 aliphatic carbocycles. The van der Waals surface area contributed by atoms with E-state index in [9.17, 15) is 5.11 Å². The molecule has 4 heteroatoms. The number of nitrogens with two attached hydrogens (primary N) is 1. The molecule has 0 spiro atoms. The molecule has 4 rings (SSSR count). The van der Waals surface area contributed by atoms with E-state index in [2.05, 4.69) is 75.3 Å². The maximum Gasteiger partial charge on any atom is 0.198 e. The Labute approximate surface area is 201 Å². The van der Waals surface area contributed by atoms with E-state index in [1.165, 1.54) is 5.56 Å². The number of nitrogens with zero attached hydrogens (tertiary/aromatic N) is 1. The number of phenolic OH excluding ortho intramolecular Hbond substituents is 1. The molecule has 0 unspecified atom stereocenters. The van der Waals surface area contributed by atoms with Crippen molar-refractivity contribution in [1.29, 1.82) is 5.41 Å². The molecule has 0 heterocycles. The zero-order chi connectivity index (χ0) is 24.3. The van der Waals surface area contributed by atoms with E-state index in [1.54, 1.807) is 11.5 Å². The SMILES string of the molecule is CC(C)(c1ccccc1)c1cc([NH2+]N=C2C=CC=CC2=N)c(O)c(C(C)(C)c2ccccc2)c1. The van der Waals surface area contributed by atoms with Crippen LogP contribution < -0.4 is 5.43 Å². The number of hydrogen-bond donors (Lipinski definition) is 3. The summed E-state index contributed by atoms with van der Waals surface area (Å²) in [5.41, 5.74) is 6.79. The molecule has 1 aliphatic rings. The van der Waals surface area contributed by atoms with Crippen molar-refractivity contribution in [3.05, 3.63) is 119 Å². The zero-order valence-corrected chi connectivity index (χ0v) is 20.2. The van der Waals surface area contributed by atoms with Gasteiger partial charge in [-0.1, -0.05) is 106 Å². The lowest BCUT2D eigenvalue weighted by atomic mass is 9.72. The van der Waals surface area contributed by atoms with Crippen molar-refractivity contribution in [2.75, 3.05) is 0 Å². The third-order valence-corrected chi connectivity index (χ3v) is 6.77. The van der Waals surface area contributed by atoms with E-state index in [0.29, 0.717) is 17.1 Å². The molecule has 0 fully saturated rings. The summed E-state index contributed by atoms with van der Waals surface area (Å²) in [4.78, 5) is 0. The highest BCUT2D eigenvalue weighted by Crippen LogP contribution is 2.43. The summed E-state index contributed by atoms with van der Waals surface area (Å²) in [5.74, 6) is 0.215. The quantitative estimate of drug-likeness (QED) is 0.145. The Balaban J connectivity index is 1.87. The van der Waals surface area contributed by atoms with Gasteiger partial charge in [0.2, 0.25) is 0 Å². The van der Waals surface area contributed by atoms with Crippen molar-refractivity contribution < 1.29 is 10.5 Å². The van der Waals surface area contributed by atoms with Crippen LogP contribution >= 0.6 is 0 Å². The van der Waals surface area contributed by atoms with Gasteiger partial charge in [0.1, 0.15) is 5.71 Å². The standard InChI is InChI=1S/C30H31N3O/c1-29(2,21-13-7-5-8-14-21)23-19-24(30(3,4)22-15-9-6-10-16-22)28(34)27(20-23)33-32-26-18-12-11-17-25(26)31/h5-20,31,33-34H,1-4H3/p+1. The summed E-state index contributed by atoms with van der Waals surface area (Å²) in [6.45, 7) is 8.68. The minimum absolute atomic E-state index is 0.215. The first-order valence-electron chi connectivity index (χ1n) is 11.5. The van der Waals surface area contributed by atoms with Gasteiger partial charge in [-0.2, -0.15) is 5.43 Å². The zero-order valence-electron chi connectivity index (χ0n) is 20.2. The van der Waals surface area contributed by atoms with E-state index in [1.807, 2.05) is 48.6 Å². The summed E-state index contributed by atoms with van der Waals surface area (Å²) in [6.07, 6.45) is 7.21. The second-order valence-electron chi connectivity index (χ2n) is 9.72. The molecule has 0 aromatic heterocycles. The Morgan fingerprint density at radius 1 is 0.735 bits per heavy atom. The molecule has 0 aliphatic heterocycles. The number of allylic oxidation sites excluding steroid dienone is 4. The smallest absolute Gasteiger partial charge is 0.198 e. The molecule has 4 nitrogen and oxygen atoms in total. The van der Waals surface area contributed by atoms with Crippen molar-refractivity contribution in [3.8, 4) is 5.75 Å². The summed E-state index contributed by atoms with van der Waals surface area (Å²) in [6, 6.07) is 24.8. The summed E-state index contributed by atoms with van der Waals surface area (Å²) < 4.78 is 0. The molecule has 34 heavy (non-hydrogen) atoms. The molecule has 0 saturated carbocycles. The number of nitrogens with one attached hydrogen (secondary N) is 1. The first-order chi connectivity index (χ1) is 16.2.